The minimum absolute atomic E-state index is 0.0129. The molecule has 7 heteroatoms. The summed E-state index contributed by atoms with van der Waals surface area (Å²) in [4.78, 5) is 37.2. The first-order valence-electron chi connectivity index (χ1n) is 7.40. The number of carbonyl (C=O) groups excluding carboxylic acids is 2. The van der Waals surface area contributed by atoms with Crippen molar-refractivity contribution >= 4 is 34.5 Å². The first kappa shape index (κ1) is 15.5. The molecule has 6 nitrogen and oxygen atoms in total. The van der Waals surface area contributed by atoms with Gasteiger partial charge in [0.15, 0.2) is 0 Å². The third-order valence-electron chi connectivity index (χ3n) is 3.79. The van der Waals surface area contributed by atoms with Crippen LogP contribution in [0.25, 0.3) is 0 Å². The maximum absolute atomic E-state index is 12.1. The van der Waals surface area contributed by atoms with Gasteiger partial charge < -0.3 is 10.2 Å². The predicted molar refractivity (Wildman–Crippen MR) is 90.0 cm³/mol. The highest BCUT2D eigenvalue weighted by Crippen LogP contribution is 2.24. The molecule has 0 bridgehead atoms. The highest BCUT2D eigenvalue weighted by molar-refractivity contribution is 7.07. The fraction of sp³-hybridized carbons (Fsp3) is 0.312. The molecule has 1 N–H and O–H groups in total. The number of aromatic nitrogens is 1. The van der Waals surface area contributed by atoms with Gasteiger partial charge >= 0.3 is 4.87 Å². The van der Waals surface area contributed by atoms with Crippen LogP contribution in [0.1, 0.15) is 18.5 Å². The zero-order valence-corrected chi connectivity index (χ0v) is 13.6. The lowest BCUT2D eigenvalue weighted by molar-refractivity contribution is -0.117. The minimum atomic E-state index is -0.265. The van der Waals surface area contributed by atoms with Crippen molar-refractivity contribution in [3.8, 4) is 0 Å². The fourth-order valence-electron chi connectivity index (χ4n) is 2.61. The fourth-order valence-corrected chi connectivity index (χ4v) is 3.35. The first-order chi connectivity index (χ1) is 11.0. The van der Waals surface area contributed by atoms with Gasteiger partial charge in [-0.2, -0.15) is 0 Å². The van der Waals surface area contributed by atoms with Crippen LogP contribution >= 0.6 is 11.3 Å². The molecule has 0 atom stereocenters. The zero-order valence-electron chi connectivity index (χ0n) is 12.7. The molecule has 1 aromatic carbocycles. The molecule has 2 aromatic rings. The molecule has 0 spiro atoms. The van der Waals surface area contributed by atoms with Crippen LogP contribution in [0.5, 0.6) is 0 Å². The first-order valence-corrected chi connectivity index (χ1v) is 8.28. The van der Waals surface area contributed by atoms with Crippen LogP contribution in [-0.2, 0) is 16.1 Å². The number of amides is 2. The molecular weight excluding hydrogens is 314 g/mol. The number of anilines is 2. The lowest BCUT2D eigenvalue weighted by atomic mass is 10.2. The van der Waals surface area contributed by atoms with Crippen molar-refractivity contribution < 1.29 is 9.59 Å². The van der Waals surface area contributed by atoms with E-state index in [4.69, 9.17) is 0 Å². The van der Waals surface area contributed by atoms with Crippen LogP contribution in [0.15, 0.2) is 34.4 Å². The van der Waals surface area contributed by atoms with Crippen LogP contribution in [0.3, 0.4) is 0 Å². The van der Waals surface area contributed by atoms with Gasteiger partial charge in [-0.25, -0.2) is 0 Å². The standard InChI is InChI=1S/C16H17N3O3S/c1-11-10-23-16(22)19(11)9-14(20)17-12-4-2-5-13(8-12)18-7-3-6-15(18)21/h2,4-5,8,10H,3,6-7,9H2,1H3,(H,17,20). The van der Waals surface area contributed by atoms with Crippen LogP contribution in [0.2, 0.25) is 0 Å². The summed E-state index contributed by atoms with van der Waals surface area (Å²) < 4.78 is 1.44. The lowest BCUT2D eigenvalue weighted by Gasteiger charge is -2.16. The summed E-state index contributed by atoms with van der Waals surface area (Å²) in [6.07, 6.45) is 1.42. The van der Waals surface area contributed by atoms with Gasteiger partial charge in [-0.05, 0) is 31.5 Å². The molecule has 0 saturated carbocycles. The van der Waals surface area contributed by atoms with E-state index in [1.54, 1.807) is 35.4 Å². The zero-order chi connectivity index (χ0) is 16.4. The molecule has 0 unspecified atom stereocenters. The maximum Gasteiger partial charge on any atom is 0.307 e. The molecule has 1 aromatic heterocycles. The molecular formula is C16H17N3O3S. The Balaban J connectivity index is 1.72. The Kier molecular flexibility index (Phi) is 4.29. The van der Waals surface area contributed by atoms with Crippen molar-refractivity contribution in [2.24, 2.45) is 0 Å². The maximum atomic E-state index is 12.1. The minimum Gasteiger partial charge on any atom is -0.324 e. The normalized spacial score (nSPS) is 14.3. The van der Waals surface area contributed by atoms with E-state index in [1.807, 2.05) is 6.07 Å². The third-order valence-corrected chi connectivity index (χ3v) is 4.67. The van der Waals surface area contributed by atoms with Gasteiger partial charge in [0, 0.05) is 35.4 Å². The van der Waals surface area contributed by atoms with Crippen molar-refractivity contribution in [3.05, 3.63) is 45.0 Å². The van der Waals surface area contributed by atoms with Crippen molar-refractivity contribution in [3.63, 3.8) is 0 Å². The number of hydrogen-bond acceptors (Lipinski definition) is 4. The van der Waals surface area contributed by atoms with E-state index in [9.17, 15) is 14.4 Å². The Morgan fingerprint density at radius 3 is 2.83 bits per heavy atom. The summed E-state index contributed by atoms with van der Waals surface area (Å²) in [5.41, 5.74) is 2.17. The lowest BCUT2D eigenvalue weighted by Crippen LogP contribution is -2.26. The number of aryl methyl sites for hydroxylation is 1. The van der Waals surface area contributed by atoms with Gasteiger partial charge in [-0.3, -0.25) is 19.0 Å². The second-order valence-corrected chi connectivity index (χ2v) is 6.30. The molecule has 3 rings (SSSR count). The number of carbonyl (C=O) groups is 2. The smallest absolute Gasteiger partial charge is 0.307 e. The summed E-state index contributed by atoms with van der Waals surface area (Å²) in [6, 6.07) is 7.21. The Morgan fingerprint density at radius 2 is 2.17 bits per heavy atom. The molecule has 120 valence electrons. The molecule has 23 heavy (non-hydrogen) atoms. The largest absolute Gasteiger partial charge is 0.324 e. The van der Waals surface area contributed by atoms with Gasteiger partial charge in [0.05, 0.1) is 0 Å². The molecule has 1 saturated heterocycles. The predicted octanol–water partition coefficient (Wildman–Crippen LogP) is 1.98. The highest BCUT2D eigenvalue weighted by atomic mass is 32.1. The van der Waals surface area contributed by atoms with E-state index >= 15 is 0 Å². The van der Waals surface area contributed by atoms with E-state index in [0.29, 0.717) is 18.7 Å². The van der Waals surface area contributed by atoms with Crippen LogP contribution < -0.4 is 15.1 Å². The average molecular weight is 331 g/mol. The topological polar surface area (TPSA) is 71.4 Å². The van der Waals surface area contributed by atoms with Crippen molar-refractivity contribution in [1.29, 1.82) is 0 Å². The number of thiazole rings is 1. The SMILES string of the molecule is Cc1csc(=O)n1CC(=O)Nc1cccc(N2CCCC2=O)c1. The van der Waals surface area contributed by atoms with Crippen molar-refractivity contribution in [1.82, 2.24) is 4.57 Å². The van der Waals surface area contributed by atoms with E-state index in [-0.39, 0.29) is 23.2 Å². The molecule has 1 aliphatic rings. The van der Waals surface area contributed by atoms with Gasteiger partial charge in [0.25, 0.3) is 0 Å². The molecule has 1 fully saturated rings. The van der Waals surface area contributed by atoms with Gasteiger partial charge in [-0.1, -0.05) is 17.4 Å². The molecule has 2 amide bonds. The monoisotopic (exact) mass is 331 g/mol. The van der Waals surface area contributed by atoms with E-state index in [0.717, 1.165) is 29.1 Å². The molecule has 0 radical (unpaired) electrons. The Morgan fingerprint density at radius 1 is 1.35 bits per heavy atom. The number of rotatable bonds is 4. The summed E-state index contributed by atoms with van der Waals surface area (Å²) in [6.45, 7) is 2.49. The van der Waals surface area contributed by atoms with Gasteiger partial charge in [-0.15, -0.1) is 0 Å². The van der Waals surface area contributed by atoms with E-state index in [2.05, 4.69) is 5.32 Å². The molecule has 1 aliphatic heterocycles. The Labute approximate surface area is 137 Å². The van der Waals surface area contributed by atoms with Crippen LogP contribution in [0, 0.1) is 6.92 Å². The third kappa shape index (κ3) is 3.34. The van der Waals surface area contributed by atoms with E-state index < -0.39 is 0 Å². The molecule has 2 heterocycles. The number of hydrogen-bond donors (Lipinski definition) is 1. The quantitative estimate of drug-likeness (QED) is 0.931. The van der Waals surface area contributed by atoms with Gasteiger partial charge in [0.2, 0.25) is 11.8 Å². The van der Waals surface area contributed by atoms with Gasteiger partial charge in [0.1, 0.15) is 6.54 Å². The second kappa shape index (κ2) is 6.37. The highest BCUT2D eigenvalue weighted by Gasteiger charge is 2.21. The summed E-state index contributed by atoms with van der Waals surface area (Å²) in [7, 11) is 0. The van der Waals surface area contributed by atoms with Crippen molar-refractivity contribution in [2.75, 3.05) is 16.8 Å². The van der Waals surface area contributed by atoms with Crippen molar-refractivity contribution in [2.45, 2.75) is 26.3 Å². The summed E-state index contributed by atoms with van der Waals surface area (Å²) >= 11 is 1.08. The summed E-state index contributed by atoms with van der Waals surface area (Å²) in [5.74, 6) is -0.160. The van der Waals surface area contributed by atoms with E-state index in [1.165, 1.54) is 4.57 Å². The number of nitrogens with one attached hydrogen (secondary N) is 1. The van der Waals surface area contributed by atoms with Crippen LogP contribution in [-0.4, -0.2) is 22.9 Å². The number of benzene rings is 1. The average Bonchev–Trinajstić information content (AvgIpc) is 3.08. The summed E-state index contributed by atoms with van der Waals surface area (Å²) in [5, 5.41) is 4.51. The number of nitrogens with zero attached hydrogens (tertiary/aromatic N) is 2. The second-order valence-electron chi connectivity index (χ2n) is 5.48. The Bertz CT molecular complexity index is 809. The Hall–Kier alpha value is -2.41. The molecule has 0 aliphatic carbocycles. The van der Waals surface area contributed by atoms with Crippen LogP contribution in [0.4, 0.5) is 11.4 Å².